The highest BCUT2D eigenvalue weighted by atomic mass is 16.1. The Morgan fingerprint density at radius 3 is 1.29 bits per heavy atom. The van der Waals surface area contributed by atoms with Crippen LogP contribution in [0, 0.1) is 22.7 Å². The van der Waals surface area contributed by atoms with E-state index in [1.165, 1.54) is 0 Å². The van der Waals surface area contributed by atoms with Gasteiger partial charge >= 0.3 is 0 Å². The third-order valence-corrected chi connectivity index (χ3v) is 3.65. The van der Waals surface area contributed by atoms with Crippen LogP contribution in [0.3, 0.4) is 0 Å². The van der Waals surface area contributed by atoms with Gasteiger partial charge in [-0.1, -0.05) is 41.5 Å². The summed E-state index contributed by atoms with van der Waals surface area (Å²) in [5.74, 6) is 0.848. The molecule has 17 heavy (non-hydrogen) atoms. The second-order valence-corrected chi connectivity index (χ2v) is 7.44. The smallest absolute Gasteiger partial charge is 0.141 e. The van der Waals surface area contributed by atoms with E-state index in [9.17, 15) is 9.59 Å². The number of rotatable bonds is 2. The molecule has 0 heterocycles. The number of Topliss-reactive ketones (excluding diaryl/α,β-unsaturated/α-hetero) is 2. The maximum Gasteiger partial charge on any atom is 0.141 e. The minimum Gasteiger partial charge on any atom is -0.299 e. The molecule has 1 aliphatic carbocycles. The molecule has 0 amide bonds. The van der Waals surface area contributed by atoms with Gasteiger partial charge in [0.25, 0.3) is 0 Å². The van der Waals surface area contributed by atoms with Crippen molar-refractivity contribution in [2.75, 3.05) is 0 Å². The molecule has 0 bridgehead atoms. The zero-order chi connectivity index (χ0) is 13.4. The normalized spacial score (nSPS) is 26.0. The third-order valence-electron chi connectivity index (χ3n) is 3.65. The number of hydrogen-bond donors (Lipinski definition) is 0. The molecule has 0 aromatic heterocycles. The van der Waals surface area contributed by atoms with E-state index >= 15 is 0 Å². The van der Waals surface area contributed by atoms with E-state index in [0.29, 0.717) is 11.6 Å². The highest BCUT2D eigenvalue weighted by molar-refractivity contribution is 5.90. The molecule has 2 unspecified atom stereocenters. The van der Waals surface area contributed by atoms with Gasteiger partial charge in [0.1, 0.15) is 11.6 Å². The Balaban J connectivity index is 2.66. The number of hydrogen-bond acceptors (Lipinski definition) is 2. The first-order valence-electron chi connectivity index (χ1n) is 6.62. The number of carbonyl (C=O) groups is 2. The first-order valence-corrected chi connectivity index (χ1v) is 6.62. The molecular weight excluding hydrogens is 212 g/mol. The van der Waals surface area contributed by atoms with Gasteiger partial charge in [0.15, 0.2) is 0 Å². The summed E-state index contributed by atoms with van der Waals surface area (Å²) < 4.78 is 0. The first kappa shape index (κ1) is 14.4. The van der Waals surface area contributed by atoms with Crippen molar-refractivity contribution in [3.8, 4) is 0 Å². The highest BCUT2D eigenvalue weighted by Crippen LogP contribution is 2.39. The zero-order valence-electron chi connectivity index (χ0n) is 12.1. The van der Waals surface area contributed by atoms with Crippen LogP contribution in [-0.4, -0.2) is 11.6 Å². The van der Waals surface area contributed by atoms with Gasteiger partial charge in [-0.15, -0.1) is 0 Å². The Bertz CT molecular complexity index is 283. The molecule has 2 atom stereocenters. The monoisotopic (exact) mass is 238 g/mol. The van der Waals surface area contributed by atoms with Crippen molar-refractivity contribution >= 4 is 11.6 Å². The summed E-state index contributed by atoms with van der Waals surface area (Å²) in [7, 11) is 0. The van der Waals surface area contributed by atoms with Crippen LogP contribution in [0.2, 0.25) is 0 Å². The maximum absolute atomic E-state index is 12.2. The van der Waals surface area contributed by atoms with Gasteiger partial charge in [-0.3, -0.25) is 9.59 Å². The van der Waals surface area contributed by atoms with Gasteiger partial charge in [0.2, 0.25) is 0 Å². The quantitative estimate of drug-likeness (QED) is 0.736. The first-order chi connectivity index (χ1) is 7.53. The third kappa shape index (κ3) is 3.40. The molecule has 0 aromatic carbocycles. The molecule has 2 nitrogen and oxygen atoms in total. The summed E-state index contributed by atoms with van der Waals surface area (Å²) in [6, 6.07) is 0. The van der Waals surface area contributed by atoms with Crippen molar-refractivity contribution in [2.45, 2.75) is 60.8 Å². The summed E-state index contributed by atoms with van der Waals surface area (Å²) in [6.45, 7) is 11.8. The Kier molecular flexibility index (Phi) is 3.85. The lowest BCUT2D eigenvalue weighted by Crippen LogP contribution is -2.29. The standard InChI is InChI=1S/C15H26O2/c1-14(2,3)12(16)10-7-8-11(9-10)13(17)15(4,5)6/h10-11H,7-9H2,1-6H3. The Labute approximate surface area is 105 Å². The fourth-order valence-corrected chi connectivity index (χ4v) is 2.68. The molecule has 1 aliphatic rings. The van der Waals surface area contributed by atoms with Gasteiger partial charge in [-0.25, -0.2) is 0 Å². The summed E-state index contributed by atoms with van der Waals surface area (Å²) in [5.41, 5.74) is -0.547. The van der Waals surface area contributed by atoms with Crippen LogP contribution in [0.15, 0.2) is 0 Å². The summed E-state index contributed by atoms with van der Waals surface area (Å²) in [6.07, 6.45) is 2.55. The van der Waals surface area contributed by atoms with Crippen molar-refractivity contribution in [1.29, 1.82) is 0 Å². The van der Waals surface area contributed by atoms with Gasteiger partial charge < -0.3 is 0 Å². The zero-order valence-corrected chi connectivity index (χ0v) is 12.1. The van der Waals surface area contributed by atoms with Crippen LogP contribution in [0.5, 0.6) is 0 Å². The Hall–Kier alpha value is -0.660. The lowest BCUT2D eigenvalue weighted by Gasteiger charge is -2.23. The maximum atomic E-state index is 12.2. The average Bonchev–Trinajstić information content (AvgIpc) is 2.60. The van der Waals surface area contributed by atoms with Crippen molar-refractivity contribution in [3.05, 3.63) is 0 Å². The molecule has 0 radical (unpaired) electrons. The molecule has 0 N–H and O–H groups in total. The molecule has 98 valence electrons. The van der Waals surface area contributed by atoms with Crippen LogP contribution in [0.4, 0.5) is 0 Å². The van der Waals surface area contributed by atoms with E-state index in [0.717, 1.165) is 19.3 Å². The van der Waals surface area contributed by atoms with E-state index in [2.05, 4.69) is 0 Å². The van der Waals surface area contributed by atoms with Crippen molar-refractivity contribution < 1.29 is 9.59 Å². The number of carbonyl (C=O) groups excluding carboxylic acids is 2. The molecule has 1 fully saturated rings. The second-order valence-electron chi connectivity index (χ2n) is 7.44. The topological polar surface area (TPSA) is 34.1 Å². The SMILES string of the molecule is CC(C)(C)C(=O)C1CCC(C(=O)C(C)(C)C)C1. The van der Waals surface area contributed by atoms with Gasteiger partial charge in [-0.2, -0.15) is 0 Å². The fraction of sp³-hybridized carbons (Fsp3) is 0.867. The minimum atomic E-state index is -0.273. The summed E-state index contributed by atoms with van der Waals surface area (Å²) in [5, 5.41) is 0. The Morgan fingerprint density at radius 2 is 1.06 bits per heavy atom. The molecule has 1 rings (SSSR count). The van der Waals surface area contributed by atoms with Crippen LogP contribution < -0.4 is 0 Å². The molecule has 0 saturated heterocycles. The molecular formula is C15H26O2. The molecule has 1 saturated carbocycles. The van der Waals surface area contributed by atoms with Gasteiger partial charge in [0, 0.05) is 22.7 Å². The van der Waals surface area contributed by atoms with Crippen LogP contribution in [-0.2, 0) is 9.59 Å². The summed E-state index contributed by atoms with van der Waals surface area (Å²) in [4.78, 5) is 24.3. The van der Waals surface area contributed by atoms with E-state index in [1.807, 2.05) is 41.5 Å². The van der Waals surface area contributed by atoms with Gasteiger partial charge in [0.05, 0.1) is 0 Å². The average molecular weight is 238 g/mol. The van der Waals surface area contributed by atoms with Crippen LogP contribution in [0.1, 0.15) is 60.8 Å². The highest BCUT2D eigenvalue weighted by Gasteiger charge is 2.40. The van der Waals surface area contributed by atoms with E-state index in [4.69, 9.17) is 0 Å². The molecule has 0 aliphatic heterocycles. The fourth-order valence-electron chi connectivity index (χ4n) is 2.68. The van der Waals surface area contributed by atoms with Crippen LogP contribution >= 0.6 is 0 Å². The van der Waals surface area contributed by atoms with E-state index in [1.54, 1.807) is 0 Å². The van der Waals surface area contributed by atoms with E-state index < -0.39 is 0 Å². The van der Waals surface area contributed by atoms with Crippen molar-refractivity contribution in [3.63, 3.8) is 0 Å². The Morgan fingerprint density at radius 1 is 0.765 bits per heavy atom. The van der Waals surface area contributed by atoms with E-state index in [-0.39, 0.29) is 22.7 Å². The van der Waals surface area contributed by atoms with Crippen molar-refractivity contribution in [1.82, 2.24) is 0 Å². The lowest BCUT2D eigenvalue weighted by atomic mass is 9.79. The summed E-state index contributed by atoms with van der Waals surface area (Å²) >= 11 is 0. The van der Waals surface area contributed by atoms with Crippen LogP contribution in [0.25, 0.3) is 0 Å². The molecule has 0 aromatic rings. The predicted octanol–water partition coefficient (Wildman–Crippen LogP) is 3.63. The minimum absolute atomic E-state index is 0.103. The van der Waals surface area contributed by atoms with Gasteiger partial charge in [-0.05, 0) is 19.3 Å². The molecule has 2 heteroatoms. The van der Waals surface area contributed by atoms with Crippen molar-refractivity contribution in [2.24, 2.45) is 22.7 Å². The largest absolute Gasteiger partial charge is 0.299 e. The molecule has 0 spiro atoms. The number of ketones is 2. The lowest BCUT2D eigenvalue weighted by molar-refractivity contribution is -0.131. The predicted molar refractivity (Wildman–Crippen MR) is 69.8 cm³/mol. The second kappa shape index (κ2) is 4.55.